The highest BCUT2D eigenvalue weighted by atomic mass is 16.4. The van der Waals surface area contributed by atoms with Gasteiger partial charge in [0.25, 0.3) is 0 Å². The standard InChI is InChI=1S/C12H20N2O3/c1-12(11(16)17)5-7-14(8-12)10(15)9-4-2-3-6-13-9/h9,13H,2-8H2,1H3,(H,16,17). The Kier molecular flexibility index (Phi) is 3.38. The predicted octanol–water partition coefficient (Wildman–Crippen LogP) is 0.452. The summed E-state index contributed by atoms with van der Waals surface area (Å²) in [7, 11) is 0. The Morgan fingerprint density at radius 1 is 1.41 bits per heavy atom. The SMILES string of the molecule is CC1(C(=O)O)CCN(C(=O)C2CCCCN2)C1. The van der Waals surface area contributed by atoms with E-state index in [-0.39, 0.29) is 11.9 Å². The molecule has 5 heteroatoms. The molecule has 2 aliphatic heterocycles. The Morgan fingerprint density at radius 3 is 2.71 bits per heavy atom. The zero-order chi connectivity index (χ0) is 12.5. The van der Waals surface area contributed by atoms with Crippen molar-refractivity contribution in [2.75, 3.05) is 19.6 Å². The molecular formula is C12H20N2O3. The minimum absolute atomic E-state index is 0.0784. The molecule has 0 aromatic heterocycles. The van der Waals surface area contributed by atoms with E-state index >= 15 is 0 Å². The van der Waals surface area contributed by atoms with Crippen molar-refractivity contribution in [1.29, 1.82) is 0 Å². The summed E-state index contributed by atoms with van der Waals surface area (Å²) in [5.74, 6) is -0.723. The van der Waals surface area contributed by atoms with Crippen LogP contribution < -0.4 is 5.32 Å². The summed E-state index contributed by atoms with van der Waals surface area (Å²) < 4.78 is 0. The number of hydrogen-bond donors (Lipinski definition) is 2. The number of aliphatic carboxylic acids is 1. The summed E-state index contributed by atoms with van der Waals surface area (Å²) in [6, 6.07) is -0.0973. The number of carboxylic acids is 1. The van der Waals surface area contributed by atoms with E-state index in [1.54, 1.807) is 11.8 Å². The van der Waals surface area contributed by atoms with Gasteiger partial charge in [0.05, 0.1) is 11.5 Å². The molecule has 0 aromatic rings. The van der Waals surface area contributed by atoms with Gasteiger partial charge < -0.3 is 15.3 Å². The Labute approximate surface area is 101 Å². The Balaban J connectivity index is 1.95. The van der Waals surface area contributed by atoms with Gasteiger partial charge in [0.15, 0.2) is 0 Å². The maximum absolute atomic E-state index is 12.2. The molecular weight excluding hydrogens is 220 g/mol. The topological polar surface area (TPSA) is 69.6 Å². The quantitative estimate of drug-likeness (QED) is 0.735. The van der Waals surface area contributed by atoms with E-state index in [0.717, 1.165) is 25.8 Å². The van der Waals surface area contributed by atoms with Gasteiger partial charge in [0.2, 0.25) is 5.91 Å². The number of amides is 1. The lowest BCUT2D eigenvalue weighted by atomic mass is 9.90. The fourth-order valence-corrected chi connectivity index (χ4v) is 2.61. The molecule has 2 N–H and O–H groups in total. The van der Waals surface area contributed by atoms with Crippen LogP contribution in [0.3, 0.4) is 0 Å². The minimum atomic E-state index is -0.801. The second kappa shape index (κ2) is 4.64. The maximum Gasteiger partial charge on any atom is 0.311 e. The molecule has 17 heavy (non-hydrogen) atoms. The number of nitrogens with one attached hydrogen (secondary N) is 1. The summed E-state index contributed by atoms with van der Waals surface area (Å²) in [4.78, 5) is 25.0. The smallest absolute Gasteiger partial charge is 0.311 e. The van der Waals surface area contributed by atoms with Crippen molar-refractivity contribution in [2.45, 2.75) is 38.6 Å². The van der Waals surface area contributed by atoms with Gasteiger partial charge in [0, 0.05) is 13.1 Å². The van der Waals surface area contributed by atoms with Crippen molar-refractivity contribution in [3.8, 4) is 0 Å². The van der Waals surface area contributed by atoms with Crippen LogP contribution in [0, 0.1) is 5.41 Å². The molecule has 0 aromatic carbocycles. The zero-order valence-electron chi connectivity index (χ0n) is 10.2. The van der Waals surface area contributed by atoms with E-state index < -0.39 is 11.4 Å². The number of carbonyl (C=O) groups excluding carboxylic acids is 1. The van der Waals surface area contributed by atoms with Crippen molar-refractivity contribution in [1.82, 2.24) is 10.2 Å². The van der Waals surface area contributed by atoms with Gasteiger partial charge in [-0.15, -0.1) is 0 Å². The summed E-state index contributed by atoms with van der Waals surface area (Å²) in [5.41, 5.74) is -0.760. The molecule has 2 atom stereocenters. The molecule has 2 saturated heterocycles. The molecule has 96 valence electrons. The van der Waals surface area contributed by atoms with Crippen LogP contribution in [0.5, 0.6) is 0 Å². The lowest BCUT2D eigenvalue weighted by Crippen LogP contribution is -2.48. The second-order valence-electron chi connectivity index (χ2n) is 5.38. The van der Waals surface area contributed by atoms with Gasteiger partial charge in [-0.25, -0.2) is 0 Å². The van der Waals surface area contributed by atoms with Crippen LogP contribution in [0.25, 0.3) is 0 Å². The predicted molar refractivity (Wildman–Crippen MR) is 62.6 cm³/mol. The minimum Gasteiger partial charge on any atom is -0.481 e. The second-order valence-corrected chi connectivity index (χ2v) is 5.38. The van der Waals surface area contributed by atoms with E-state index in [4.69, 9.17) is 5.11 Å². The van der Waals surface area contributed by atoms with Gasteiger partial charge in [0.1, 0.15) is 0 Å². The molecule has 0 saturated carbocycles. The normalized spacial score (nSPS) is 33.7. The van der Waals surface area contributed by atoms with Crippen LogP contribution >= 0.6 is 0 Å². The van der Waals surface area contributed by atoms with Gasteiger partial charge in [-0.3, -0.25) is 9.59 Å². The Bertz CT molecular complexity index is 326. The molecule has 2 aliphatic rings. The first-order valence-corrected chi connectivity index (χ1v) is 6.28. The summed E-state index contributed by atoms with van der Waals surface area (Å²) in [5, 5.41) is 12.3. The Hall–Kier alpha value is -1.10. The summed E-state index contributed by atoms with van der Waals surface area (Å²) in [6.45, 7) is 3.52. The first-order chi connectivity index (χ1) is 8.03. The lowest BCUT2D eigenvalue weighted by molar-refractivity contribution is -0.147. The van der Waals surface area contributed by atoms with Crippen LogP contribution in [-0.2, 0) is 9.59 Å². The van der Waals surface area contributed by atoms with Crippen molar-refractivity contribution in [3.05, 3.63) is 0 Å². The number of likely N-dealkylation sites (tertiary alicyclic amines) is 1. The molecule has 1 amide bonds. The fraction of sp³-hybridized carbons (Fsp3) is 0.833. The zero-order valence-corrected chi connectivity index (χ0v) is 10.2. The highest BCUT2D eigenvalue weighted by Gasteiger charge is 2.43. The monoisotopic (exact) mass is 240 g/mol. The first-order valence-electron chi connectivity index (χ1n) is 6.28. The van der Waals surface area contributed by atoms with E-state index in [1.165, 1.54) is 0 Å². The largest absolute Gasteiger partial charge is 0.481 e. The Morgan fingerprint density at radius 2 is 2.18 bits per heavy atom. The van der Waals surface area contributed by atoms with Crippen LogP contribution in [-0.4, -0.2) is 47.6 Å². The number of rotatable bonds is 2. The molecule has 2 unspecified atom stereocenters. The fourth-order valence-electron chi connectivity index (χ4n) is 2.61. The first kappa shape index (κ1) is 12.4. The highest BCUT2D eigenvalue weighted by molar-refractivity contribution is 5.84. The summed E-state index contributed by atoms with van der Waals surface area (Å²) >= 11 is 0. The molecule has 2 heterocycles. The molecule has 0 bridgehead atoms. The number of carbonyl (C=O) groups is 2. The van der Waals surface area contributed by atoms with E-state index in [9.17, 15) is 9.59 Å². The molecule has 0 aliphatic carbocycles. The van der Waals surface area contributed by atoms with Gasteiger partial charge in [-0.05, 0) is 32.7 Å². The van der Waals surface area contributed by atoms with Crippen molar-refractivity contribution >= 4 is 11.9 Å². The van der Waals surface area contributed by atoms with Crippen molar-refractivity contribution in [2.24, 2.45) is 5.41 Å². The average molecular weight is 240 g/mol. The van der Waals surface area contributed by atoms with Gasteiger partial charge >= 0.3 is 5.97 Å². The average Bonchev–Trinajstić information content (AvgIpc) is 2.74. The highest BCUT2D eigenvalue weighted by Crippen LogP contribution is 2.30. The third-order valence-electron chi connectivity index (χ3n) is 3.91. The van der Waals surface area contributed by atoms with E-state index in [0.29, 0.717) is 19.5 Å². The lowest BCUT2D eigenvalue weighted by Gasteiger charge is -2.28. The maximum atomic E-state index is 12.2. The van der Waals surface area contributed by atoms with Crippen molar-refractivity contribution < 1.29 is 14.7 Å². The number of nitrogens with zero attached hydrogens (tertiary/aromatic N) is 1. The van der Waals surface area contributed by atoms with E-state index in [2.05, 4.69) is 5.32 Å². The number of piperidine rings is 1. The number of hydrogen-bond acceptors (Lipinski definition) is 3. The molecule has 0 radical (unpaired) electrons. The molecule has 2 rings (SSSR count). The van der Waals surface area contributed by atoms with Crippen LogP contribution in [0.15, 0.2) is 0 Å². The van der Waals surface area contributed by atoms with Crippen molar-refractivity contribution in [3.63, 3.8) is 0 Å². The van der Waals surface area contributed by atoms with E-state index in [1.807, 2.05) is 0 Å². The van der Waals surface area contributed by atoms with Crippen LogP contribution in [0.2, 0.25) is 0 Å². The number of carboxylic acid groups (broad SMARTS) is 1. The molecule has 5 nitrogen and oxygen atoms in total. The van der Waals surface area contributed by atoms with Crippen LogP contribution in [0.4, 0.5) is 0 Å². The molecule has 2 fully saturated rings. The third-order valence-corrected chi connectivity index (χ3v) is 3.91. The van der Waals surface area contributed by atoms with Crippen LogP contribution in [0.1, 0.15) is 32.6 Å². The van der Waals surface area contributed by atoms with Gasteiger partial charge in [-0.2, -0.15) is 0 Å². The summed E-state index contributed by atoms with van der Waals surface area (Å²) in [6.07, 6.45) is 3.63. The third kappa shape index (κ3) is 2.44. The van der Waals surface area contributed by atoms with Gasteiger partial charge in [-0.1, -0.05) is 6.42 Å². The molecule has 0 spiro atoms.